The van der Waals surface area contributed by atoms with E-state index in [0.717, 1.165) is 17.4 Å². The third kappa shape index (κ3) is 3.07. The van der Waals surface area contributed by atoms with Crippen molar-refractivity contribution in [1.82, 2.24) is 4.90 Å². The molecule has 4 aliphatic carbocycles. The Balaban J connectivity index is 1.50. The molecule has 1 atom stereocenters. The molecule has 5 nitrogen and oxygen atoms in total. The fourth-order valence-corrected chi connectivity index (χ4v) is 6.43. The summed E-state index contributed by atoms with van der Waals surface area (Å²) in [5, 5.41) is 5.16. The molecule has 26 heavy (non-hydrogen) atoms. The van der Waals surface area contributed by atoms with Crippen LogP contribution in [0.3, 0.4) is 0 Å². The molecule has 0 spiro atoms. The SMILES string of the molecule is CC(c1ccc(S(N)(=O)=O)cc1)N(C)C(=O)C1C2CC3CC(C2)CC1C3. The zero-order chi connectivity index (χ0) is 18.6. The standard InChI is InChI=1S/C20H28N2O3S/c1-12(15-3-5-18(6-4-15)26(21,24)25)22(2)20(23)19-16-8-13-7-14(10-16)11-17(19)9-13/h3-6,12-14,16-17,19H,7-11H2,1-2H3,(H2,21,24,25). The number of primary sulfonamides is 1. The molecule has 2 N–H and O–H groups in total. The second-order valence-corrected chi connectivity index (χ2v) is 10.3. The molecule has 0 heterocycles. The van der Waals surface area contributed by atoms with Crippen molar-refractivity contribution in [2.75, 3.05) is 7.05 Å². The van der Waals surface area contributed by atoms with Gasteiger partial charge in [-0.25, -0.2) is 13.6 Å². The highest BCUT2D eigenvalue weighted by Crippen LogP contribution is 2.57. The molecule has 1 unspecified atom stereocenters. The Kier molecular flexibility index (Phi) is 4.39. The van der Waals surface area contributed by atoms with E-state index in [9.17, 15) is 13.2 Å². The average Bonchev–Trinajstić information content (AvgIpc) is 2.58. The van der Waals surface area contributed by atoms with Gasteiger partial charge in [-0.2, -0.15) is 0 Å². The van der Waals surface area contributed by atoms with Crippen LogP contribution in [0.1, 0.15) is 50.6 Å². The summed E-state index contributed by atoms with van der Waals surface area (Å²) in [5.41, 5.74) is 0.928. The van der Waals surface area contributed by atoms with Gasteiger partial charge in [0.15, 0.2) is 0 Å². The maximum Gasteiger partial charge on any atom is 0.238 e. The lowest BCUT2D eigenvalue weighted by molar-refractivity contribution is -0.149. The molecule has 0 aromatic heterocycles. The van der Waals surface area contributed by atoms with E-state index in [1.807, 2.05) is 18.9 Å². The molecule has 0 aliphatic heterocycles. The fourth-order valence-electron chi connectivity index (χ4n) is 5.91. The second kappa shape index (κ2) is 6.34. The quantitative estimate of drug-likeness (QED) is 0.877. The predicted molar refractivity (Wildman–Crippen MR) is 99.5 cm³/mol. The van der Waals surface area contributed by atoms with Gasteiger partial charge in [0.25, 0.3) is 0 Å². The highest BCUT2D eigenvalue weighted by atomic mass is 32.2. The van der Waals surface area contributed by atoms with Crippen molar-refractivity contribution < 1.29 is 13.2 Å². The van der Waals surface area contributed by atoms with Gasteiger partial charge < -0.3 is 4.90 Å². The van der Waals surface area contributed by atoms with Crippen molar-refractivity contribution in [2.24, 2.45) is 34.7 Å². The minimum atomic E-state index is -3.69. The molecule has 142 valence electrons. The van der Waals surface area contributed by atoms with Gasteiger partial charge in [0.1, 0.15) is 0 Å². The minimum Gasteiger partial charge on any atom is -0.339 e. The van der Waals surface area contributed by atoms with E-state index in [-0.39, 0.29) is 22.8 Å². The Morgan fingerprint density at radius 3 is 2.00 bits per heavy atom. The van der Waals surface area contributed by atoms with Gasteiger partial charge in [0.05, 0.1) is 10.9 Å². The topological polar surface area (TPSA) is 80.5 Å². The van der Waals surface area contributed by atoms with E-state index >= 15 is 0 Å². The molecule has 4 saturated carbocycles. The summed E-state index contributed by atoms with van der Waals surface area (Å²) in [5.74, 6) is 3.29. The van der Waals surface area contributed by atoms with Crippen LogP contribution in [0.15, 0.2) is 29.2 Å². The van der Waals surface area contributed by atoms with Crippen LogP contribution in [0.25, 0.3) is 0 Å². The van der Waals surface area contributed by atoms with E-state index in [2.05, 4.69) is 0 Å². The molecule has 5 rings (SSSR count). The normalized spacial score (nSPS) is 33.9. The average molecular weight is 377 g/mol. The number of carbonyl (C=O) groups excluding carboxylic acids is 1. The van der Waals surface area contributed by atoms with Crippen LogP contribution < -0.4 is 5.14 Å². The zero-order valence-electron chi connectivity index (χ0n) is 15.5. The van der Waals surface area contributed by atoms with Crippen molar-refractivity contribution in [3.8, 4) is 0 Å². The van der Waals surface area contributed by atoms with E-state index in [1.165, 1.54) is 44.2 Å². The summed E-state index contributed by atoms with van der Waals surface area (Å²) in [6.07, 6.45) is 6.31. The monoisotopic (exact) mass is 376 g/mol. The Morgan fingerprint density at radius 1 is 1.04 bits per heavy atom. The third-order valence-electron chi connectivity index (χ3n) is 7.13. The maximum atomic E-state index is 13.3. The van der Waals surface area contributed by atoms with Gasteiger partial charge in [-0.15, -0.1) is 0 Å². The largest absolute Gasteiger partial charge is 0.339 e. The number of amides is 1. The van der Waals surface area contributed by atoms with E-state index in [4.69, 9.17) is 5.14 Å². The van der Waals surface area contributed by atoms with Crippen LogP contribution in [-0.4, -0.2) is 26.3 Å². The molecular formula is C20H28N2O3S. The number of hydrogen-bond acceptors (Lipinski definition) is 3. The molecule has 0 radical (unpaired) electrons. The Bertz CT molecular complexity index is 775. The highest BCUT2D eigenvalue weighted by molar-refractivity contribution is 7.89. The number of nitrogens with zero attached hydrogens (tertiary/aromatic N) is 1. The maximum absolute atomic E-state index is 13.3. The first-order valence-electron chi connectivity index (χ1n) is 9.63. The third-order valence-corrected chi connectivity index (χ3v) is 8.06. The molecule has 0 saturated heterocycles. The lowest BCUT2D eigenvalue weighted by Crippen LogP contribution is -2.51. The van der Waals surface area contributed by atoms with Crippen molar-refractivity contribution >= 4 is 15.9 Å². The van der Waals surface area contributed by atoms with Crippen LogP contribution in [0, 0.1) is 29.6 Å². The van der Waals surface area contributed by atoms with Gasteiger partial charge in [0, 0.05) is 13.0 Å². The zero-order valence-corrected chi connectivity index (χ0v) is 16.3. The molecule has 1 aromatic rings. The summed E-state index contributed by atoms with van der Waals surface area (Å²) in [7, 11) is -1.81. The molecule has 4 fully saturated rings. The van der Waals surface area contributed by atoms with Crippen LogP contribution in [-0.2, 0) is 14.8 Å². The predicted octanol–water partition coefficient (Wildman–Crippen LogP) is 2.93. The Labute approximate surface area is 156 Å². The number of hydrogen-bond donors (Lipinski definition) is 1. The van der Waals surface area contributed by atoms with E-state index < -0.39 is 10.0 Å². The molecular weight excluding hydrogens is 348 g/mol. The minimum absolute atomic E-state index is 0.0887. The summed E-state index contributed by atoms with van der Waals surface area (Å²) < 4.78 is 22.8. The van der Waals surface area contributed by atoms with Gasteiger partial charge in [-0.1, -0.05) is 12.1 Å². The first-order chi connectivity index (χ1) is 12.2. The van der Waals surface area contributed by atoms with Gasteiger partial charge in [-0.3, -0.25) is 4.79 Å². The Hall–Kier alpha value is -1.40. The first-order valence-corrected chi connectivity index (χ1v) is 11.2. The van der Waals surface area contributed by atoms with Crippen molar-refractivity contribution in [3.63, 3.8) is 0 Å². The number of sulfonamides is 1. The van der Waals surface area contributed by atoms with E-state index in [1.54, 1.807) is 12.1 Å². The number of benzene rings is 1. The molecule has 4 bridgehead atoms. The van der Waals surface area contributed by atoms with Gasteiger partial charge in [-0.05, 0) is 80.4 Å². The number of nitrogens with two attached hydrogens (primary N) is 1. The van der Waals surface area contributed by atoms with Crippen molar-refractivity contribution in [1.29, 1.82) is 0 Å². The Morgan fingerprint density at radius 2 is 1.54 bits per heavy atom. The van der Waals surface area contributed by atoms with Gasteiger partial charge >= 0.3 is 0 Å². The van der Waals surface area contributed by atoms with Crippen molar-refractivity contribution in [2.45, 2.75) is 50.0 Å². The molecule has 1 amide bonds. The molecule has 6 heteroatoms. The number of carbonyl (C=O) groups is 1. The van der Waals surface area contributed by atoms with Crippen LogP contribution in [0.2, 0.25) is 0 Å². The van der Waals surface area contributed by atoms with Crippen LogP contribution >= 0.6 is 0 Å². The first kappa shape index (κ1) is 18.0. The smallest absolute Gasteiger partial charge is 0.238 e. The lowest BCUT2D eigenvalue weighted by Gasteiger charge is -2.54. The van der Waals surface area contributed by atoms with E-state index in [0.29, 0.717) is 11.8 Å². The fraction of sp³-hybridized carbons (Fsp3) is 0.650. The number of rotatable bonds is 4. The molecule has 4 aliphatic rings. The van der Waals surface area contributed by atoms with Crippen LogP contribution in [0.4, 0.5) is 0 Å². The lowest BCUT2D eigenvalue weighted by atomic mass is 9.51. The van der Waals surface area contributed by atoms with Gasteiger partial charge in [0.2, 0.25) is 15.9 Å². The summed E-state index contributed by atoms with van der Waals surface area (Å²) >= 11 is 0. The molecule has 1 aromatic carbocycles. The summed E-state index contributed by atoms with van der Waals surface area (Å²) in [4.78, 5) is 15.2. The highest BCUT2D eigenvalue weighted by Gasteiger charge is 2.51. The second-order valence-electron chi connectivity index (χ2n) is 8.70. The summed E-state index contributed by atoms with van der Waals surface area (Å²) in [6.45, 7) is 2.00. The summed E-state index contributed by atoms with van der Waals surface area (Å²) in [6, 6.07) is 6.45. The van der Waals surface area contributed by atoms with Crippen molar-refractivity contribution in [3.05, 3.63) is 29.8 Å². The van der Waals surface area contributed by atoms with Crippen LogP contribution in [0.5, 0.6) is 0 Å².